The van der Waals surface area contributed by atoms with Gasteiger partial charge in [-0.25, -0.2) is 4.98 Å². The van der Waals surface area contributed by atoms with E-state index in [0.717, 1.165) is 11.3 Å². The molecule has 0 saturated heterocycles. The maximum absolute atomic E-state index is 5.99. The predicted molar refractivity (Wildman–Crippen MR) is 101 cm³/mol. The molecule has 122 valence electrons. The van der Waals surface area contributed by atoms with Gasteiger partial charge < -0.3 is 10.1 Å². The zero-order valence-electron chi connectivity index (χ0n) is 12.6. The number of halogens is 3. The minimum Gasteiger partial charge on any atom is -0.438 e. The molecule has 24 heavy (non-hydrogen) atoms. The Bertz CT molecular complexity index is 869. The van der Waals surface area contributed by atoms with Crippen molar-refractivity contribution in [1.82, 2.24) is 9.97 Å². The van der Waals surface area contributed by atoms with Crippen LogP contribution in [-0.4, -0.2) is 9.97 Å². The number of benzene rings is 2. The van der Waals surface area contributed by atoms with Gasteiger partial charge in [-0.05, 0) is 58.7 Å². The summed E-state index contributed by atoms with van der Waals surface area (Å²) in [7, 11) is 0. The van der Waals surface area contributed by atoms with E-state index in [4.69, 9.17) is 27.9 Å². The lowest BCUT2D eigenvalue weighted by molar-refractivity contribution is 0.459. The zero-order chi connectivity index (χ0) is 17.1. The van der Waals surface area contributed by atoms with Gasteiger partial charge in [-0.1, -0.05) is 35.3 Å². The monoisotopic (exact) mass is 423 g/mol. The molecule has 2 aromatic carbocycles. The quantitative estimate of drug-likeness (QED) is 0.526. The van der Waals surface area contributed by atoms with E-state index in [1.807, 2.05) is 31.2 Å². The van der Waals surface area contributed by atoms with E-state index < -0.39 is 0 Å². The third-order valence-corrected chi connectivity index (χ3v) is 4.02. The molecule has 1 N–H and O–H groups in total. The highest BCUT2D eigenvalue weighted by Gasteiger charge is 2.09. The van der Waals surface area contributed by atoms with E-state index >= 15 is 0 Å². The van der Waals surface area contributed by atoms with Crippen molar-refractivity contribution in [3.05, 3.63) is 68.7 Å². The molecule has 0 saturated carbocycles. The minimum absolute atomic E-state index is 0.360. The molecular formula is C17H12BrCl2N3O. The lowest BCUT2D eigenvalue weighted by Crippen LogP contribution is -1.99. The molecule has 3 aromatic rings. The van der Waals surface area contributed by atoms with E-state index in [1.165, 1.54) is 0 Å². The van der Waals surface area contributed by atoms with Crippen LogP contribution >= 0.6 is 39.1 Å². The Balaban J connectivity index is 1.86. The third-order valence-electron chi connectivity index (χ3n) is 3.04. The average molecular weight is 425 g/mol. The molecule has 0 radical (unpaired) electrons. The Morgan fingerprint density at radius 3 is 2.54 bits per heavy atom. The number of nitrogens with zero attached hydrogens (tertiary/aromatic N) is 2. The molecule has 7 heteroatoms. The van der Waals surface area contributed by atoms with Crippen LogP contribution in [-0.2, 0) is 0 Å². The van der Waals surface area contributed by atoms with Gasteiger partial charge in [-0.2, -0.15) is 4.98 Å². The molecule has 0 unspecified atom stereocenters. The number of hydrogen-bond donors (Lipinski definition) is 1. The standard InChI is InChI=1S/C17H12BrCl2N3O/c1-10-3-2-4-13(5-10)22-17-21-9-15(18)16(23-17)24-14-7-11(19)6-12(20)8-14/h2-9H,1H3,(H,21,22,23). The Kier molecular flexibility index (Phi) is 5.23. The van der Waals surface area contributed by atoms with Gasteiger partial charge in [-0.3, -0.25) is 0 Å². The van der Waals surface area contributed by atoms with Crippen molar-refractivity contribution in [2.75, 3.05) is 5.32 Å². The van der Waals surface area contributed by atoms with Crippen molar-refractivity contribution < 1.29 is 4.74 Å². The van der Waals surface area contributed by atoms with Crippen LogP contribution in [0, 0.1) is 6.92 Å². The Morgan fingerprint density at radius 1 is 1.08 bits per heavy atom. The first-order valence-corrected chi connectivity index (χ1v) is 8.55. The molecule has 0 aliphatic carbocycles. The second-order valence-corrected chi connectivity index (χ2v) is 6.78. The van der Waals surface area contributed by atoms with Crippen LogP contribution < -0.4 is 10.1 Å². The van der Waals surface area contributed by atoms with Crippen molar-refractivity contribution >= 4 is 50.8 Å². The summed E-state index contributed by atoms with van der Waals surface area (Å²) >= 11 is 15.4. The average Bonchev–Trinajstić information content (AvgIpc) is 2.50. The lowest BCUT2D eigenvalue weighted by Gasteiger charge is -2.10. The van der Waals surface area contributed by atoms with Crippen LogP contribution in [0.1, 0.15) is 5.56 Å². The van der Waals surface area contributed by atoms with Gasteiger partial charge in [0.25, 0.3) is 0 Å². The van der Waals surface area contributed by atoms with E-state index in [0.29, 0.717) is 32.1 Å². The van der Waals surface area contributed by atoms with Crippen LogP contribution in [0.4, 0.5) is 11.6 Å². The van der Waals surface area contributed by atoms with Gasteiger partial charge in [0.15, 0.2) is 0 Å². The Labute approximate surface area is 157 Å². The number of hydrogen-bond acceptors (Lipinski definition) is 4. The number of aromatic nitrogens is 2. The normalized spacial score (nSPS) is 10.5. The molecule has 0 aliphatic rings. The van der Waals surface area contributed by atoms with Gasteiger partial charge in [0.05, 0.1) is 10.7 Å². The highest BCUT2D eigenvalue weighted by atomic mass is 79.9. The van der Waals surface area contributed by atoms with Gasteiger partial charge >= 0.3 is 0 Å². The molecule has 0 aliphatic heterocycles. The molecule has 0 spiro atoms. The smallest absolute Gasteiger partial charge is 0.238 e. The minimum atomic E-state index is 0.360. The number of nitrogens with one attached hydrogen (secondary N) is 1. The second kappa shape index (κ2) is 7.38. The summed E-state index contributed by atoms with van der Waals surface area (Å²) in [5.74, 6) is 1.28. The summed E-state index contributed by atoms with van der Waals surface area (Å²) in [5, 5.41) is 4.12. The number of aryl methyl sites for hydroxylation is 1. The molecule has 0 atom stereocenters. The SMILES string of the molecule is Cc1cccc(Nc2ncc(Br)c(Oc3cc(Cl)cc(Cl)c3)n2)c1. The summed E-state index contributed by atoms with van der Waals surface area (Å²) in [6.45, 7) is 2.02. The highest BCUT2D eigenvalue weighted by Crippen LogP contribution is 2.32. The lowest BCUT2D eigenvalue weighted by atomic mass is 10.2. The zero-order valence-corrected chi connectivity index (χ0v) is 15.7. The van der Waals surface area contributed by atoms with Crippen molar-refractivity contribution in [2.45, 2.75) is 6.92 Å². The van der Waals surface area contributed by atoms with Gasteiger partial charge in [0.2, 0.25) is 11.8 Å². The summed E-state index contributed by atoms with van der Waals surface area (Å²) < 4.78 is 6.38. The van der Waals surface area contributed by atoms with Crippen LogP contribution in [0.15, 0.2) is 53.1 Å². The second-order valence-electron chi connectivity index (χ2n) is 5.05. The highest BCUT2D eigenvalue weighted by molar-refractivity contribution is 9.10. The maximum Gasteiger partial charge on any atom is 0.238 e. The summed E-state index contributed by atoms with van der Waals surface area (Å²) in [6, 6.07) is 12.9. The third kappa shape index (κ3) is 4.38. The largest absolute Gasteiger partial charge is 0.438 e. The molecule has 1 aromatic heterocycles. The summed E-state index contributed by atoms with van der Waals surface area (Å²) in [5.41, 5.74) is 2.04. The van der Waals surface area contributed by atoms with E-state index in [-0.39, 0.29) is 0 Å². The van der Waals surface area contributed by atoms with Crippen LogP contribution in [0.25, 0.3) is 0 Å². The maximum atomic E-state index is 5.99. The predicted octanol–water partition coefficient (Wildman–Crippen LogP) is 6.39. The first-order chi connectivity index (χ1) is 11.5. The Hall–Kier alpha value is -1.82. The molecular weight excluding hydrogens is 413 g/mol. The number of ether oxygens (including phenoxy) is 1. The number of rotatable bonds is 4. The van der Waals surface area contributed by atoms with E-state index in [1.54, 1.807) is 24.4 Å². The van der Waals surface area contributed by atoms with E-state index in [9.17, 15) is 0 Å². The first kappa shape index (κ1) is 17.0. The fourth-order valence-corrected chi connectivity index (χ4v) is 2.81. The van der Waals surface area contributed by atoms with Gasteiger partial charge in [-0.15, -0.1) is 0 Å². The van der Waals surface area contributed by atoms with Crippen molar-refractivity contribution in [3.8, 4) is 11.6 Å². The number of anilines is 2. The summed E-state index contributed by atoms with van der Waals surface area (Å²) in [6.07, 6.45) is 1.62. The fraction of sp³-hybridized carbons (Fsp3) is 0.0588. The summed E-state index contributed by atoms with van der Waals surface area (Å²) in [4.78, 5) is 8.61. The van der Waals surface area contributed by atoms with Crippen molar-refractivity contribution in [2.24, 2.45) is 0 Å². The van der Waals surface area contributed by atoms with Crippen molar-refractivity contribution in [3.63, 3.8) is 0 Å². The van der Waals surface area contributed by atoms with Gasteiger partial charge in [0.1, 0.15) is 5.75 Å². The van der Waals surface area contributed by atoms with Crippen molar-refractivity contribution in [1.29, 1.82) is 0 Å². The molecule has 1 heterocycles. The molecule has 4 nitrogen and oxygen atoms in total. The van der Waals surface area contributed by atoms with Gasteiger partial charge in [0, 0.05) is 15.7 Å². The van der Waals surface area contributed by atoms with E-state index in [2.05, 4.69) is 31.2 Å². The molecule has 0 fully saturated rings. The van der Waals surface area contributed by atoms with Crippen LogP contribution in [0.3, 0.4) is 0 Å². The Morgan fingerprint density at radius 2 is 1.83 bits per heavy atom. The fourth-order valence-electron chi connectivity index (χ4n) is 2.03. The molecule has 0 amide bonds. The molecule has 3 rings (SSSR count). The topological polar surface area (TPSA) is 47.0 Å². The van der Waals surface area contributed by atoms with Crippen LogP contribution in [0.5, 0.6) is 11.6 Å². The molecule has 0 bridgehead atoms. The van der Waals surface area contributed by atoms with Crippen LogP contribution in [0.2, 0.25) is 10.0 Å². The first-order valence-electron chi connectivity index (χ1n) is 7.00.